The minimum Gasteiger partial charge on any atom is -0.479 e. The maximum atomic E-state index is 13.2. The normalized spacial score (nSPS) is 17.3. The summed E-state index contributed by atoms with van der Waals surface area (Å²) in [5.74, 6) is -2.26. The molecule has 27 heavy (non-hydrogen) atoms. The molecule has 7 nitrogen and oxygen atoms in total. The molecule has 1 atom stereocenters. The Hall–Kier alpha value is -2.74. The van der Waals surface area contributed by atoms with Crippen LogP contribution < -0.4 is 5.32 Å². The maximum Gasteiger partial charge on any atom is 0.333 e. The Labute approximate surface area is 156 Å². The van der Waals surface area contributed by atoms with Crippen LogP contribution in [0.15, 0.2) is 30.5 Å². The number of rotatable bonds is 5. The molecule has 0 spiro atoms. The summed E-state index contributed by atoms with van der Waals surface area (Å²) in [6.45, 7) is 4.45. The summed E-state index contributed by atoms with van der Waals surface area (Å²) in [7, 11) is 0. The molecule has 1 saturated heterocycles. The number of aromatic nitrogens is 2. The van der Waals surface area contributed by atoms with Gasteiger partial charge in [-0.05, 0) is 44.4 Å². The van der Waals surface area contributed by atoms with Crippen molar-refractivity contribution in [2.45, 2.75) is 38.3 Å². The van der Waals surface area contributed by atoms with Crippen molar-refractivity contribution in [3.63, 3.8) is 0 Å². The van der Waals surface area contributed by atoms with Crippen molar-refractivity contribution in [1.82, 2.24) is 15.1 Å². The van der Waals surface area contributed by atoms with Crippen LogP contribution in [-0.4, -0.2) is 40.0 Å². The van der Waals surface area contributed by atoms with Crippen LogP contribution in [0.2, 0.25) is 0 Å². The van der Waals surface area contributed by atoms with Crippen LogP contribution in [0, 0.1) is 12.7 Å². The summed E-state index contributed by atoms with van der Waals surface area (Å²) in [5.41, 5.74) is -0.431. The molecule has 2 N–H and O–H groups in total. The van der Waals surface area contributed by atoms with E-state index in [9.17, 15) is 19.1 Å². The molecule has 1 amide bonds. The molecule has 1 fully saturated rings. The predicted octanol–water partition coefficient (Wildman–Crippen LogP) is 2.41. The highest BCUT2D eigenvalue weighted by atomic mass is 19.1. The predicted molar refractivity (Wildman–Crippen MR) is 94.9 cm³/mol. The third kappa shape index (κ3) is 3.71. The summed E-state index contributed by atoms with van der Waals surface area (Å²) < 4.78 is 20.3. The maximum absolute atomic E-state index is 13.2. The first-order valence-corrected chi connectivity index (χ1v) is 8.76. The second-order valence-electron chi connectivity index (χ2n) is 6.82. The highest BCUT2D eigenvalue weighted by Gasteiger charge is 2.38. The number of amides is 1. The van der Waals surface area contributed by atoms with Gasteiger partial charge in [0.15, 0.2) is 5.54 Å². The van der Waals surface area contributed by atoms with E-state index in [4.69, 9.17) is 4.74 Å². The standard InChI is InChI=1S/C19H22FN3O4/c1-12-16(11-21-23(12)15-7-9-27-10-8-15)17(24)22-19(2,18(25)26)13-3-5-14(20)6-4-13/h3-6,11,15H,7-10H2,1-2H3,(H,22,24)(H,25,26). The molecule has 3 rings (SSSR count). The first-order valence-electron chi connectivity index (χ1n) is 8.76. The zero-order chi connectivity index (χ0) is 19.6. The van der Waals surface area contributed by atoms with Gasteiger partial charge in [0.05, 0.1) is 17.8 Å². The van der Waals surface area contributed by atoms with Gasteiger partial charge in [-0.2, -0.15) is 5.10 Å². The van der Waals surface area contributed by atoms with E-state index in [0.717, 1.165) is 25.0 Å². The fourth-order valence-electron chi connectivity index (χ4n) is 3.27. The van der Waals surface area contributed by atoms with Gasteiger partial charge in [0, 0.05) is 18.9 Å². The third-order valence-electron chi connectivity index (χ3n) is 5.04. The van der Waals surface area contributed by atoms with E-state index in [1.54, 1.807) is 11.6 Å². The second-order valence-corrected chi connectivity index (χ2v) is 6.82. The lowest BCUT2D eigenvalue weighted by molar-refractivity contribution is -0.144. The Morgan fingerprint density at radius 1 is 1.30 bits per heavy atom. The monoisotopic (exact) mass is 375 g/mol. The van der Waals surface area contributed by atoms with Crippen molar-refractivity contribution in [2.75, 3.05) is 13.2 Å². The van der Waals surface area contributed by atoms with E-state index in [1.807, 2.05) is 0 Å². The van der Waals surface area contributed by atoms with Crippen molar-refractivity contribution in [3.05, 3.63) is 53.1 Å². The van der Waals surface area contributed by atoms with Gasteiger partial charge in [-0.1, -0.05) is 12.1 Å². The molecule has 1 aromatic heterocycles. The molecule has 0 radical (unpaired) electrons. The van der Waals surface area contributed by atoms with Crippen molar-refractivity contribution < 1.29 is 23.8 Å². The first kappa shape index (κ1) is 19.0. The quantitative estimate of drug-likeness (QED) is 0.837. The van der Waals surface area contributed by atoms with Gasteiger partial charge in [-0.25, -0.2) is 9.18 Å². The van der Waals surface area contributed by atoms with Crippen LogP contribution in [-0.2, 0) is 15.1 Å². The molecule has 0 aliphatic carbocycles. The van der Waals surface area contributed by atoms with Gasteiger partial charge in [0.2, 0.25) is 0 Å². The minimum atomic E-state index is -1.70. The Morgan fingerprint density at radius 2 is 1.93 bits per heavy atom. The van der Waals surface area contributed by atoms with Gasteiger partial charge >= 0.3 is 5.97 Å². The van der Waals surface area contributed by atoms with Crippen LogP contribution in [0.3, 0.4) is 0 Å². The summed E-state index contributed by atoms with van der Waals surface area (Å²) in [6.07, 6.45) is 3.07. The number of halogens is 1. The molecule has 2 aromatic rings. The summed E-state index contributed by atoms with van der Waals surface area (Å²) >= 11 is 0. The fraction of sp³-hybridized carbons (Fsp3) is 0.421. The van der Waals surface area contributed by atoms with E-state index >= 15 is 0 Å². The van der Waals surface area contributed by atoms with E-state index in [0.29, 0.717) is 24.5 Å². The van der Waals surface area contributed by atoms with Crippen LogP contribution in [0.1, 0.15) is 47.4 Å². The lowest BCUT2D eigenvalue weighted by Crippen LogP contribution is -2.49. The molecule has 1 aliphatic rings. The average Bonchev–Trinajstić information content (AvgIpc) is 3.04. The van der Waals surface area contributed by atoms with Crippen LogP contribution in [0.25, 0.3) is 0 Å². The van der Waals surface area contributed by atoms with Gasteiger partial charge < -0.3 is 15.2 Å². The molecule has 144 valence electrons. The van der Waals surface area contributed by atoms with Crippen molar-refractivity contribution in [3.8, 4) is 0 Å². The Bertz CT molecular complexity index is 843. The molecule has 8 heteroatoms. The SMILES string of the molecule is Cc1c(C(=O)NC(C)(C(=O)O)c2ccc(F)cc2)cnn1C1CCOCC1. The molecular weight excluding hydrogens is 353 g/mol. The van der Waals surface area contributed by atoms with Gasteiger partial charge in [0.1, 0.15) is 5.82 Å². The van der Waals surface area contributed by atoms with E-state index in [2.05, 4.69) is 10.4 Å². The number of carbonyl (C=O) groups excluding carboxylic acids is 1. The molecule has 0 saturated carbocycles. The number of nitrogens with one attached hydrogen (secondary N) is 1. The van der Waals surface area contributed by atoms with Crippen molar-refractivity contribution >= 4 is 11.9 Å². The molecule has 1 unspecified atom stereocenters. The largest absolute Gasteiger partial charge is 0.479 e. The Kier molecular flexibility index (Phi) is 5.27. The number of nitrogens with zero attached hydrogens (tertiary/aromatic N) is 2. The van der Waals surface area contributed by atoms with Crippen LogP contribution >= 0.6 is 0 Å². The number of benzene rings is 1. The van der Waals surface area contributed by atoms with Crippen molar-refractivity contribution in [2.24, 2.45) is 0 Å². The first-order chi connectivity index (χ1) is 12.8. The summed E-state index contributed by atoms with van der Waals surface area (Å²) in [5, 5.41) is 16.6. The number of aliphatic carboxylic acids is 1. The minimum absolute atomic E-state index is 0.156. The zero-order valence-corrected chi connectivity index (χ0v) is 15.2. The molecule has 1 aliphatic heterocycles. The van der Waals surface area contributed by atoms with Gasteiger partial charge in [-0.15, -0.1) is 0 Å². The third-order valence-corrected chi connectivity index (χ3v) is 5.04. The number of ether oxygens (including phenoxy) is 1. The fourth-order valence-corrected chi connectivity index (χ4v) is 3.27. The lowest BCUT2D eigenvalue weighted by atomic mass is 9.91. The van der Waals surface area contributed by atoms with Gasteiger partial charge in [0.25, 0.3) is 5.91 Å². The Morgan fingerprint density at radius 3 is 2.52 bits per heavy atom. The lowest BCUT2D eigenvalue weighted by Gasteiger charge is -2.27. The zero-order valence-electron chi connectivity index (χ0n) is 15.2. The topological polar surface area (TPSA) is 93.5 Å². The summed E-state index contributed by atoms with van der Waals surface area (Å²) in [4.78, 5) is 24.7. The number of hydrogen-bond donors (Lipinski definition) is 2. The van der Waals surface area contributed by atoms with Crippen LogP contribution in [0.5, 0.6) is 0 Å². The molecule has 2 heterocycles. The second kappa shape index (κ2) is 7.48. The number of hydrogen-bond acceptors (Lipinski definition) is 4. The van der Waals surface area contributed by atoms with Gasteiger partial charge in [-0.3, -0.25) is 9.48 Å². The smallest absolute Gasteiger partial charge is 0.333 e. The molecule has 1 aromatic carbocycles. The highest BCUT2D eigenvalue weighted by molar-refractivity contribution is 5.98. The number of carboxylic acids is 1. The van der Waals surface area contributed by atoms with Crippen molar-refractivity contribution in [1.29, 1.82) is 0 Å². The van der Waals surface area contributed by atoms with E-state index in [-0.39, 0.29) is 11.6 Å². The highest BCUT2D eigenvalue weighted by Crippen LogP contribution is 2.25. The Balaban J connectivity index is 1.85. The molecule has 0 bridgehead atoms. The number of carbonyl (C=O) groups is 2. The van der Waals surface area contributed by atoms with E-state index < -0.39 is 23.2 Å². The molecular formula is C19H22FN3O4. The number of carboxylic acid groups (broad SMARTS) is 1. The summed E-state index contributed by atoms with van der Waals surface area (Å²) in [6, 6.07) is 5.18. The van der Waals surface area contributed by atoms with E-state index in [1.165, 1.54) is 25.3 Å². The van der Waals surface area contributed by atoms with Crippen LogP contribution in [0.4, 0.5) is 4.39 Å². The average molecular weight is 375 g/mol.